The van der Waals surface area contributed by atoms with Gasteiger partial charge in [0.15, 0.2) is 0 Å². The Morgan fingerprint density at radius 1 is 1.26 bits per heavy atom. The van der Waals surface area contributed by atoms with Gasteiger partial charge in [-0.05, 0) is 51.5 Å². The van der Waals surface area contributed by atoms with E-state index in [1.165, 1.54) is 0 Å². The predicted molar refractivity (Wildman–Crippen MR) is 89.2 cm³/mol. The second-order valence-electron chi connectivity index (χ2n) is 6.91. The van der Waals surface area contributed by atoms with Gasteiger partial charge >= 0.3 is 6.09 Å². The molecule has 1 atom stereocenters. The molecule has 2 amide bonds. The number of hydrogen-bond acceptors (Lipinski definition) is 4. The molecule has 1 aromatic carbocycles. The maximum absolute atomic E-state index is 12.5. The molecule has 0 bridgehead atoms. The highest BCUT2D eigenvalue weighted by Gasteiger charge is 2.33. The molecule has 0 aromatic heterocycles. The second-order valence-corrected chi connectivity index (χ2v) is 6.91. The van der Waals surface area contributed by atoms with E-state index in [0.717, 1.165) is 6.42 Å². The van der Waals surface area contributed by atoms with Crippen LogP contribution in [-0.4, -0.2) is 53.6 Å². The molecule has 126 valence electrons. The number of nitrogens with zero attached hydrogens (tertiary/aromatic N) is 2. The van der Waals surface area contributed by atoms with Gasteiger partial charge in [-0.2, -0.15) is 0 Å². The molecule has 6 nitrogen and oxygen atoms in total. The highest BCUT2D eigenvalue weighted by atomic mass is 16.6. The average Bonchev–Trinajstić information content (AvgIpc) is 2.94. The van der Waals surface area contributed by atoms with Crippen LogP contribution < -0.4 is 5.73 Å². The number of hydrogen-bond donors (Lipinski definition) is 1. The van der Waals surface area contributed by atoms with Crippen LogP contribution in [0, 0.1) is 0 Å². The van der Waals surface area contributed by atoms with Gasteiger partial charge < -0.3 is 20.3 Å². The van der Waals surface area contributed by atoms with E-state index in [1.807, 2.05) is 20.8 Å². The number of carbonyl (C=O) groups excluding carboxylic acids is 2. The first-order chi connectivity index (χ1) is 10.7. The highest BCUT2D eigenvalue weighted by molar-refractivity contribution is 5.94. The third kappa shape index (κ3) is 4.37. The molecule has 0 aliphatic carbocycles. The van der Waals surface area contributed by atoms with Gasteiger partial charge in [-0.25, -0.2) is 4.79 Å². The molecule has 0 radical (unpaired) electrons. The molecule has 1 unspecified atom stereocenters. The SMILES string of the molecule is CN(C(=O)OC(C)(C)C)C1CCN(C(=O)c2ccc(N)cc2)C1. The molecular formula is C17H25N3O3. The first kappa shape index (κ1) is 17.1. The van der Waals surface area contributed by atoms with E-state index in [9.17, 15) is 9.59 Å². The summed E-state index contributed by atoms with van der Waals surface area (Å²) in [6.45, 7) is 6.65. The minimum atomic E-state index is -0.524. The van der Waals surface area contributed by atoms with E-state index in [-0.39, 0.29) is 18.0 Å². The third-order valence-electron chi connectivity index (χ3n) is 3.84. The molecule has 23 heavy (non-hydrogen) atoms. The normalized spacial score (nSPS) is 17.9. The Morgan fingerprint density at radius 3 is 2.43 bits per heavy atom. The quantitative estimate of drug-likeness (QED) is 0.849. The molecule has 1 aliphatic rings. The van der Waals surface area contributed by atoms with Gasteiger partial charge in [0.05, 0.1) is 6.04 Å². The lowest BCUT2D eigenvalue weighted by molar-refractivity contribution is 0.0226. The first-order valence-electron chi connectivity index (χ1n) is 7.78. The van der Waals surface area contributed by atoms with Gasteiger partial charge in [-0.3, -0.25) is 4.79 Å². The fraction of sp³-hybridized carbons (Fsp3) is 0.529. The molecule has 6 heteroatoms. The van der Waals surface area contributed by atoms with Crippen molar-refractivity contribution in [3.8, 4) is 0 Å². The fourth-order valence-corrected chi connectivity index (χ4v) is 2.53. The van der Waals surface area contributed by atoms with Crippen LogP contribution in [0.1, 0.15) is 37.6 Å². The monoisotopic (exact) mass is 319 g/mol. The van der Waals surface area contributed by atoms with E-state index in [2.05, 4.69) is 0 Å². The van der Waals surface area contributed by atoms with Gasteiger partial charge in [0, 0.05) is 31.4 Å². The Hall–Kier alpha value is -2.24. The lowest BCUT2D eigenvalue weighted by atomic mass is 10.2. The van der Waals surface area contributed by atoms with Gasteiger partial charge in [-0.15, -0.1) is 0 Å². The number of likely N-dealkylation sites (N-methyl/N-ethyl adjacent to an activating group) is 1. The van der Waals surface area contributed by atoms with E-state index in [4.69, 9.17) is 10.5 Å². The summed E-state index contributed by atoms with van der Waals surface area (Å²) in [6, 6.07) is 6.86. The largest absolute Gasteiger partial charge is 0.444 e. The van der Waals surface area contributed by atoms with E-state index in [1.54, 1.807) is 41.1 Å². The summed E-state index contributed by atoms with van der Waals surface area (Å²) in [7, 11) is 1.72. The van der Waals surface area contributed by atoms with Gasteiger partial charge in [0.2, 0.25) is 0 Å². The molecule has 0 saturated carbocycles. The summed E-state index contributed by atoms with van der Waals surface area (Å²) in [5, 5.41) is 0. The van der Waals surface area contributed by atoms with Crippen LogP contribution in [0.3, 0.4) is 0 Å². The topological polar surface area (TPSA) is 75.9 Å². The van der Waals surface area contributed by atoms with Crippen LogP contribution in [-0.2, 0) is 4.74 Å². The molecule has 1 aromatic rings. The number of nitrogen functional groups attached to an aromatic ring is 1. The Balaban J connectivity index is 1.96. The molecule has 0 spiro atoms. The van der Waals surface area contributed by atoms with Crippen LogP contribution in [0.25, 0.3) is 0 Å². The lowest BCUT2D eigenvalue weighted by Crippen LogP contribution is -2.42. The van der Waals surface area contributed by atoms with Crippen molar-refractivity contribution >= 4 is 17.7 Å². The van der Waals surface area contributed by atoms with Gasteiger partial charge in [0.1, 0.15) is 5.60 Å². The van der Waals surface area contributed by atoms with Crippen LogP contribution in [0.15, 0.2) is 24.3 Å². The number of carbonyl (C=O) groups is 2. The van der Waals surface area contributed by atoms with Crippen molar-refractivity contribution in [1.82, 2.24) is 9.80 Å². The third-order valence-corrected chi connectivity index (χ3v) is 3.84. The van der Waals surface area contributed by atoms with Crippen molar-refractivity contribution in [3.63, 3.8) is 0 Å². The van der Waals surface area contributed by atoms with E-state index < -0.39 is 5.60 Å². The maximum Gasteiger partial charge on any atom is 0.410 e. The zero-order chi connectivity index (χ0) is 17.2. The molecular weight excluding hydrogens is 294 g/mol. The number of ether oxygens (including phenoxy) is 1. The Kier molecular flexibility index (Phi) is 4.82. The zero-order valence-electron chi connectivity index (χ0n) is 14.2. The van der Waals surface area contributed by atoms with E-state index >= 15 is 0 Å². The number of nitrogens with two attached hydrogens (primary N) is 1. The van der Waals surface area contributed by atoms with E-state index in [0.29, 0.717) is 24.3 Å². The molecule has 2 rings (SSSR count). The van der Waals surface area contributed by atoms with Crippen molar-refractivity contribution in [2.45, 2.75) is 38.8 Å². The Bertz CT molecular complexity index is 578. The smallest absolute Gasteiger partial charge is 0.410 e. The summed E-state index contributed by atoms with van der Waals surface area (Å²) < 4.78 is 5.38. The average molecular weight is 319 g/mol. The molecule has 2 N–H and O–H groups in total. The summed E-state index contributed by atoms with van der Waals surface area (Å²) in [5.74, 6) is -0.0370. The zero-order valence-corrected chi connectivity index (χ0v) is 14.2. The predicted octanol–water partition coefficient (Wildman–Crippen LogP) is 2.35. The maximum atomic E-state index is 12.5. The summed E-state index contributed by atoms with van der Waals surface area (Å²) in [6.07, 6.45) is 0.389. The highest BCUT2D eigenvalue weighted by Crippen LogP contribution is 2.20. The summed E-state index contributed by atoms with van der Waals surface area (Å²) in [4.78, 5) is 27.9. The number of benzene rings is 1. The van der Waals surface area contributed by atoms with Gasteiger partial charge in [0.25, 0.3) is 5.91 Å². The van der Waals surface area contributed by atoms with Crippen LogP contribution in [0.5, 0.6) is 0 Å². The number of rotatable bonds is 2. The number of likely N-dealkylation sites (tertiary alicyclic amines) is 1. The van der Waals surface area contributed by atoms with Crippen LogP contribution in [0.2, 0.25) is 0 Å². The minimum absolute atomic E-state index is 0.0254. The van der Waals surface area contributed by atoms with Gasteiger partial charge in [-0.1, -0.05) is 0 Å². The van der Waals surface area contributed by atoms with Crippen molar-refractivity contribution in [2.75, 3.05) is 25.9 Å². The molecule has 1 saturated heterocycles. The van der Waals surface area contributed by atoms with Crippen LogP contribution >= 0.6 is 0 Å². The Morgan fingerprint density at radius 2 is 1.87 bits per heavy atom. The fourth-order valence-electron chi connectivity index (χ4n) is 2.53. The van der Waals surface area contributed by atoms with Crippen molar-refractivity contribution in [3.05, 3.63) is 29.8 Å². The number of anilines is 1. The van der Waals surface area contributed by atoms with Crippen molar-refractivity contribution in [2.24, 2.45) is 0 Å². The lowest BCUT2D eigenvalue weighted by Gasteiger charge is -2.28. The van der Waals surface area contributed by atoms with Crippen molar-refractivity contribution in [1.29, 1.82) is 0 Å². The Labute approximate surface area is 137 Å². The first-order valence-corrected chi connectivity index (χ1v) is 7.78. The van der Waals surface area contributed by atoms with Crippen LogP contribution in [0.4, 0.5) is 10.5 Å². The second kappa shape index (κ2) is 6.48. The molecule has 1 heterocycles. The standard InChI is InChI=1S/C17H25N3O3/c1-17(2,3)23-16(22)19(4)14-9-10-20(11-14)15(21)12-5-7-13(18)8-6-12/h5-8,14H,9-11,18H2,1-4H3. The number of amides is 2. The minimum Gasteiger partial charge on any atom is -0.444 e. The summed E-state index contributed by atoms with van der Waals surface area (Å²) in [5.41, 5.74) is 6.36. The molecule has 1 aliphatic heterocycles. The van der Waals surface area contributed by atoms with Crippen molar-refractivity contribution < 1.29 is 14.3 Å². The summed E-state index contributed by atoms with van der Waals surface area (Å²) >= 11 is 0. The molecule has 1 fully saturated rings.